The molecular formula is C34H45NO9. The predicted molar refractivity (Wildman–Crippen MR) is 163 cm³/mol. The first-order valence-corrected chi connectivity index (χ1v) is 15.0. The normalized spacial score (nSPS) is 22.2. The molecule has 5 atom stereocenters. The van der Waals surface area contributed by atoms with Gasteiger partial charge in [-0.3, -0.25) is 0 Å². The molecule has 0 spiro atoms. The van der Waals surface area contributed by atoms with E-state index in [-0.39, 0.29) is 6.61 Å². The van der Waals surface area contributed by atoms with Crippen molar-refractivity contribution in [2.45, 2.75) is 62.5 Å². The third-order valence-electron chi connectivity index (χ3n) is 7.42. The lowest BCUT2D eigenvalue weighted by Crippen LogP contribution is -2.59. The van der Waals surface area contributed by atoms with Gasteiger partial charge in [0.25, 0.3) is 0 Å². The highest BCUT2D eigenvalue weighted by molar-refractivity contribution is 5.15. The van der Waals surface area contributed by atoms with Crippen LogP contribution < -0.4 is 5.32 Å². The zero-order valence-electron chi connectivity index (χ0n) is 24.9. The van der Waals surface area contributed by atoms with Crippen molar-refractivity contribution in [1.29, 1.82) is 0 Å². The van der Waals surface area contributed by atoms with Crippen LogP contribution in [-0.2, 0) is 43.5 Å². The number of hydrogen-bond acceptors (Lipinski definition) is 10. The summed E-state index contributed by atoms with van der Waals surface area (Å²) in [4.78, 5) is 0. The van der Waals surface area contributed by atoms with E-state index in [1.54, 1.807) is 0 Å². The SMILES string of the molecule is OCC1O[C@@H](OCCCNC(COCc2ccccc2)(COCc2ccccc2)COCc2ccccc2)C(O)C(O)[C@@H]1O. The summed E-state index contributed by atoms with van der Waals surface area (Å²) in [6.45, 7) is 2.43. The number of benzene rings is 3. The van der Waals surface area contributed by atoms with Gasteiger partial charge in [0.2, 0.25) is 0 Å². The van der Waals surface area contributed by atoms with Crippen LogP contribution in [0.5, 0.6) is 0 Å². The van der Waals surface area contributed by atoms with Crippen LogP contribution in [-0.4, -0.2) is 96.3 Å². The summed E-state index contributed by atoms with van der Waals surface area (Å²) < 4.78 is 29.8. The third kappa shape index (κ3) is 10.7. The van der Waals surface area contributed by atoms with E-state index in [1.807, 2.05) is 91.0 Å². The van der Waals surface area contributed by atoms with Crippen molar-refractivity contribution in [3.8, 4) is 0 Å². The number of nitrogens with one attached hydrogen (secondary N) is 1. The second-order valence-electron chi connectivity index (χ2n) is 11.1. The van der Waals surface area contributed by atoms with Gasteiger partial charge < -0.3 is 49.4 Å². The van der Waals surface area contributed by atoms with Crippen molar-refractivity contribution in [2.75, 3.05) is 39.6 Å². The molecule has 0 amide bonds. The fourth-order valence-electron chi connectivity index (χ4n) is 4.92. The minimum atomic E-state index is -1.48. The van der Waals surface area contributed by atoms with Crippen LogP contribution in [0.3, 0.4) is 0 Å². The molecule has 1 aliphatic heterocycles. The summed E-state index contributed by atoms with van der Waals surface area (Å²) in [7, 11) is 0. The molecule has 0 aromatic heterocycles. The molecule has 1 saturated heterocycles. The third-order valence-corrected chi connectivity index (χ3v) is 7.42. The number of rotatable bonds is 19. The number of hydrogen-bond donors (Lipinski definition) is 5. The minimum Gasteiger partial charge on any atom is -0.394 e. The Morgan fingerprint density at radius 1 is 0.636 bits per heavy atom. The van der Waals surface area contributed by atoms with Gasteiger partial charge in [0.05, 0.1) is 58.4 Å². The summed E-state index contributed by atoms with van der Waals surface area (Å²) in [6.07, 6.45) is -6.03. The largest absolute Gasteiger partial charge is 0.394 e. The van der Waals surface area contributed by atoms with Gasteiger partial charge in [-0.1, -0.05) is 91.0 Å². The van der Waals surface area contributed by atoms with E-state index < -0.39 is 42.9 Å². The lowest BCUT2D eigenvalue weighted by Gasteiger charge is -2.39. The zero-order chi connectivity index (χ0) is 31.0. The number of aliphatic hydroxyl groups is 4. The molecule has 0 bridgehead atoms. The average molecular weight is 612 g/mol. The first-order chi connectivity index (χ1) is 21.5. The Morgan fingerprint density at radius 3 is 1.52 bits per heavy atom. The maximum Gasteiger partial charge on any atom is 0.186 e. The van der Waals surface area contributed by atoms with Gasteiger partial charge in [-0.15, -0.1) is 0 Å². The molecule has 44 heavy (non-hydrogen) atoms. The quantitative estimate of drug-likeness (QED) is 0.128. The highest BCUT2D eigenvalue weighted by Gasteiger charge is 2.44. The van der Waals surface area contributed by atoms with Gasteiger partial charge >= 0.3 is 0 Å². The monoisotopic (exact) mass is 611 g/mol. The lowest BCUT2D eigenvalue weighted by molar-refractivity contribution is -0.301. The van der Waals surface area contributed by atoms with Gasteiger partial charge in [-0.2, -0.15) is 0 Å². The van der Waals surface area contributed by atoms with E-state index in [1.165, 1.54) is 0 Å². The summed E-state index contributed by atoms with van der Waals surface area (Å²) in [5.41, 5.74) is 2.49. The first-order valence-electron chi connectivity index (χ1n) is 15.0. The second-order valence-corrected chi connectivity index (χ2v) is 11.1. The van der Waals surface area contributed by atoms with E-state index >= 15 is 0 Å². The van der Waals surface area contributed by atoms with Crippen molar-refractivity contribution >= 4 is 0 Å². The van der Waals surface area contributed by atoms with Gasteiger partial charge in [-0.05, 0) is 29.7 Å². The first kappa shape index (κ1) is 34.1. The molecule has 240 valence electrons. The molecular weight excluding hydrogens is 566 g/mol. The summed E-state index contributed by atoms with van der Waals surface area (Å²) >= 11 is 0. The summed E-state index contributed by atoms with van der Waals surface area (Å²) in [5, 5.41) is 43.4. The fourth-order valence-corrected chi connectivity index (χ4v) is 4.92. The topological polar surface area (TPSA) is 139 Å². The summed E-state index contributed by atoms with van der Waals surface area (Å²) in [6, 6.07) is 29.9. The van der Waals surface area contributed by atoms with Crippen molar-refractivity contribution in [1.82, 2.24) is 5.32 Å². The van der Waals surface area contributed by atoms with Crippen LogP contribution in [0, 0.1) is 0 Å². The molecule has 0 radical (unpaired) electrons. The Labute approximate surface area is 259 Å². The van der Waals surface area contributed by atoms with Crippen LogP contribution in [0.4, 0.5) is 0 Å². The lowest BCUT2D eigenvalue weighted by atomic mass is 9.99. The molecule has 0 aliphatic carbocycles. The van der Waals surface area contributed by atoms with Crippen LogP contribution >= 0.6 is 0 Å². The molecule has 0 saturated carbocycles. The highest BCUT2D eigenvalue weighted by atomic mass is 16.7. The Bertz CT molecular complexity index is 1060. The molecule has 5 N–H and O–H groups in total. The predicted octanol–water partition coefficient (Wildman–Crippen LogP) is 2.17. The van der Waals surface area contributed by atoms with Crippen LogP contribution in [0.15, 0.2) is 91.0 Å². The van der Waals surface area contributed by atoms with Crippen molar-refractivity contribution in [3.63, 3.8) is 0 Å². The summed E-state index contributed by atoms with van der Waals surface area (Å²) in [5.74, 6) is 0. The van der Waals surface area contributed by atoms with Crippen LogP contribution in [0.2, 0.25) is 0 Å². The smallest absolute Gasteiger partial charge is 0.186 e. The maximum atomic E-state index is 10.3. The van der Waals surface area contributed by atoms with E-state index in [9.17, 15) is 20.4 Å². The van der Waals surface area contributed by atoms with Gasteiger partial charge in [0.1, 0.15) is 24.4 Å². The molecule has 3 aromatic carbocycles. The average Bonchev–Trinajstić information content (AvgIpc) is 3.06. The van der Waals surface area contributed by atoms with Crippen LogP contribution in [0.1, 0.15) is 23.1 Å². The molecule has 10 nitrogen and oxygen atoms in total. The standard InChI is InChI=1S/C34H45NO9/c36-19-29-30(37)31(38)32(39)33(44-29)43-18-10-17-35-34(23-40-20-26-11-4-1-5-12-26,24-41-21-27-13-6-2-7-14-27)25-42-22-28-15-8-3-9-16-28/h1-9,11-16,29-33,35-39H,10,17-25H2/t29?,30-,31?,32?,33-/m1/s1. The molecule has 1 fully saturated rings. The van der Waals surface area contributed by atoms with Gasteiger partial charge in [0.15, 0.2) is 6.29 Å². The van der Waals surface area contributed by atoms with E-state index in [0.29, 0.717) is 52.6 Å². The Hall–Kier alpha value is -2.74. The molecule has 3 unspecified atom stereocenters. The Balaban J connectivity index is 1.38. The Morgan fingerprint density at radius 2 is 1.09 bits per heavy atom. The molecule has 1 aliphatic rings. The fraction of sp³-hybridized carbons (Fsp3) is 0.471. The number of aliphatic hydroxyl groups excluding tert-OH is 4. The molecule has 10 heteroatoms. The Kier molecular flexibility index (Phi) is 14.2. The van der Waals surface area contributed by atoms with Crippen molar-refractivity contribution in [3.05, 3.63) is 108 Å². The van der Waals surface area contributed by atoms with Gasteiger partial charge in [0, 0.05) is 0 Å². The van der Waals surface area contributed by atoms with Gasteiger partial charge in [-0.25, -0.2) is 0 Å². The number of ether oxygens (including phenoxy) is 5. The highest BCUT2D eigenvalue weighted by Crippen LogP contribution is 2.22. The maximum absolute atomic E-state index is 10.3. The minimum absolute atomic E-state index is 0.187. The van der Waals surface area contributed by atoms with E-state index in [2.05, 4.69) is 5.32 Å². The van der Waals surface area contributed by atoms with E-state index in [4.69, 9.17) is 23.7 Å². The molecule has 4 rings (SSSR count). The van der Waals surface area contributed by atoms with Crippen LogP contribution in [0.25, 0.3) is 0 Å². The molecule has 3 aromatic rings. The molecule has 1 heterocycles. The zero-order valence-corrected chi connectivity index (χ0v) is 24.9. The van der Waals surface area contributed by atoms with Crippen molar-refractivity contribution in [2.24, 2.45) is 0 Å². The van der Waals surface area contributed by atoms with Crippen molar-refractivity contribution < 1.29 is 44.1 Å². The second kappa shape index (κ2) is 18.3. The van der Waals surface area contributed by atoms with E-state index in [0.717, 1.165) is 16.7 Å².